The first-order valence-corrected chi connectivity index (χ1v) is 8.94. The molecule has 0 fully saturated rings. The maximum atomic E-state index is 13.3. The van der Waals surface area contributed by atoms with Crippen LogP contribution in [0.3, 0.4) is 0 Å². The van der Waals surface area contributed by atoms with Gasteiger partial charge in [0.2, 0.25) is 0 Å². The van der Waals surface area contributed by atoms with Crippen molar-refractivity contribution in [1.82, 2.24) is 14.8 Å². The van der Waals surface area contributed by atoms with Crippen molar-refractivity contribution in [1.29, 1.82) is 5.26 Å². The summed E-state index contributed by atoms with van der Waals surface area (Å²) in [5, 5.41) is 16.9. The molecule has 2 aromatic carbocycles. The van der Waals surface area contributed by atoms with Gasteiger partial charge in [-0.15, -0.1) is 10.2 Å². The van der Waals surface area contributed by atoms with E-state index in [2.05, 4.69) is 26.1 Å². The standard InChI is InChI=1S/C19H14BrF3N4O/c1-11(28-16-8-7-12(10-24)9-15(16)20)17-25-26-18(27(17)2)13-5-3-4-6-14(13)19(21,22)23/h3-9,11H,1-2H3/t11-/m0/s1. The van der Waals surface area contributed by atoms with Crippen LogP contribution in [0.25, 0.3) is 11.4 Å². The third-order valence-corrected chi connectivity index (χ3v) is 4.73. The van der Waals surface area contributed by atoms with Gasteiger partial charge < -0.3 is 9.30 Å². The van der Waals surface area contributed by atoms with E-state index >= 15 is 0 Å². The maximum Gasteiger partial charge on any atom is 0.417 e. The van der Waals surface area contributed by atoms with Crippen LogP contribution < -0.4 is 4.74 Å². The maximum absolute atomic E-state index is 13.3. The van der Waals surface area contributed by atoms with Crippen molar-refractivity contribution >= 4 is 15.9 Å². The Kier molecular flexibility index (Phi) is 5.42. The molecular weight excluding hydrogens is 437 g/mol. The molecule has 0 saturated carbocycles. The fourth-order valence-corrected chi connectivity index (χ4v) is 3.24. The topological polar surface area (TPSA) is 63.7 Å². The summed E-state index contributed by atoms with van der Waals surface area (Å²) in [6, 6.07) is 12.1. The first-order valence-electron chi connectivity index (χ1n) is 8.14. The quantitative estimate of drug-likeness (QED) is 0.542. The number of hydrogen-bond donors (Lipinski definition) is 0. The van der Waals surface area contributed by atoms with E-state index in [9.17, 15) is 13.2 Å². The number of benzene rings is 2. The molecule has 144 valence electrons. The second-order valence-electron chi connectivity index (χ2n) is 6.00. The van der Waals surface area contributed by atoms with Crippen molar-refractivity contribution in [3.8, 4) is 23.2 Å². The Morgan fingerprint density at radius 3 is 2.54 bits per heavy atom. The number of hydrogen-bond acceptors (Lipinski definition) is 4. The molecule has 0 aliphatic carbocycles. The summed E-state index contributed by atoms with van der Waals surface area (Å²) in [4.78, 5) is 0. The number of alkyl halides is 3. The molecule has 0 aliphatic heterocycles. The smallest absolute Gasteiger partial charge is 0.417 e. The average molecular weight is 451 g/mol. The van der Waals surface area contributed by atoms with Crippen LogP contribution in [0.2, 0.25) is 0 Å². The molecule has 0 aliphatic rings. The van der Waals surface area contributed by atoms with Crippen LogP contribution in [0.4, 0.5) is 13.2 Å². The summed E-state index contributed by atoms with van der Waals surface area (Å²) in [5.74, 6) is 0.937. The number of halogens is 4. The molecule has 1 heterocycles. The minimum absolute atomic E-state index is 0.0528. The molecule has 5 nitrogen and oxygen atoms in total. The Bertz CT molecular complexity index is 1060. The van der Waals surface area contributed by atoms with Crippen molar-refractivity contribution < 1.29 is 17.9 Å². The summed E-state index contributed by atoms with van der Waals surface area (Å²) in [7, 11) is 1.59. The lowest BCUT2D eigenvalue weighted by Gasteiger charge is -2.16. The fraction of sp³-hybridized carbons (Fsp3) is 0.211. The van der Waals surface area contributed by atoms with Crippen LogP contribution in [0.5, 0.6) is 5.75 Å². The van der Waals surface area contributed by atoms with E-state index in [-0.39, 0.29) is 11.4 Å². The zero-order valence-electron chi connectivity index (χ0n) is 14.8. The summed E-state index contributed by atoms with van der Waals surface area (Å²) >= 11 is 3.34. The van der Waals surface area contributed by atoms with Gasteiger partial charge in [0.15, 0.2) is 17.8 Å². The van der Waals surface area contributed by atoms with E-state index in [1.165, 1.54) is 22.8 Å². The molecule has 0 spiro atoms. The largest absolute Gasteiger partial charge is 0.482 e. The van der Waals surface area contributed by atoms with Crippen molar-refractivity contribution in [2.45, 2.75) is 19.2 Å². The SMILES string of the molecule is C[C@H](Oc1ccc(C#N)cc1Br)c1nnc(-c2ccccc2C(F)(F)F)n1C. The van der Waals surface area contributed by atoms with Crippen LogP contribution in [-0.2, 0) is 13.2 Å². The number of nitrogens with zero attached hydrogens (tertiary/aromatic N) is 4. The van der Waals surface area contributed by atoms with Crippen LogP contribution in [-0.4, -0.2) is 14.8 Å². The zero-order chi connectivity index (χ0) is 20.5. The molecule has 9 heteroatoms. The molecule has 0 unspecified atom stereocenters. The Morgan fingerprint density at radius 1 is 1.18 bits per heavy atom. The van der Waals surface area contributed by atoms with E-state index in [1.54, 1.807) is 32.2 Å². The highest BCUT2D eigenvalue weighted by Gasteiger charge is 2.34. The molecule has 1 atom stereocenters. The van der Waals surface area contributed by atoms with Gasteiger partial charge in [-0.2, -0.15) is 18.4 Å². The molecular formula is C19H14BrF3N4O. The molecule has 0 bridgehead atoms. The van der Waals surface area contributed by atoms with Gasteiger partial charge in [0.05, 0.1) is 21.7 Å². The van der Waals surface area contributed by atoms with E-state index in [1.807, 2.05) is 6.07 Å². The summed E-state index contributed by atoms with van der Waals surface area (Å²) < 4.78 is 47.9. The van der Waals surface area contributed by atoms with Gasteiger partial charge in [-0.3, -0.25) is 0 Å². The fourth-order valence-electron chi connectivity index (χ4n) is 2.76. The molecule has 0 radical (unpaired) electrons. The predicted molar refractivity (Wildman–Crippen MR) is 99.3 cm³/mol. The van der Waals surface area contributed by atoms with Gasteiger partial charge >= 0.3 is 6.18 Å². The Balaban J connectivity index is 1.93. The van der Waals surface area contributed by atoms with Gasteiger partial charge in [0, 0.05) is 12.6 Å². The molecule has 0 saturated heterocycles. The minimum Gasteiger partial charge on any atom is -0.482 e. The monoisotopic (exact) mass is 450 g/mol. The van der Waals surface area contributed by atoms with Crippen molar-refractivity contribution in [3.63, 3.8) is 0 Å². The Labute approximate surface area is 167 Å². The minimum atomic E-state index is -4.50. The predicted octanol–water partition coefficient (Wildman–Crippen LogP) is 5.28. The summed E-state index contributed by atoms with van der Waals surface area (Å²) in [6.07, 6.45) is -5.09. The third-order valence-electron chi connectivity index (χ3n) is 4.11. The van der Waals surface area contributed by atoms with E-state index in [0.29, 0.717) is 21.6 Å². The normalized spacial score (nSPS) is 12.5. The highest BCUT2D eigenvalue weighted by atomic mass is 79.9. The Hall–Kier alpha value is -2.86. The van der Waals surface area contributed by atoms with Crippen molar-refractivity contribution in [2.75, 3.05) is 0 Å². The molecule has 0 amide bonds. The molecule has 0 N–H and O–H groups in total. The summed E-state index contributed by atoms with van der Waals surface area (Å²) in [5.41, 5.74) is -0.361. The Morgan fingerprint density at radius 2 is 1.89 bits per heavy atom. The molecule has 3 aromatic rings. The van der Waals surface area contributed by atoms with Gasteiger partial charge in [-0.05, 0) is 47.1 Å². The first kappa shape index (κ1) is 19.9. The summed E-state index contributed by atoms with van der Waals surface area (Å²) in [6.45, 7) is 1.72. The number of rotatable bonds is 4. The van der Waals surface area contributed by atoms with E-state index < -0.39 is 17.8 Å². The second-order valence-corrected chi connectivity index (χ2v) is 6.86. The van der Waals surface area contributed by atoms with Gasteiger partial charge in [0.25, 0.3) is 0 Å². The van der Waals surface area contributed by atoms with E-state index in [0.717, 1.165) is 6.07 Å². The van der Waals surface area contributed by atoms with Crippen LogP contribution >= 0.6 is 15.9 Å². The van der Waals surface area contributed by atoms with E-state index in [4.69, 9.17) is 10.00 Å². The lowest BCUT2D eigenvalue weighted by atomic mass is 10.1. The molecule has 1 aromatic heterocycles. The highest BCUT2D eigenvalue weighted by molar-refractivity contribution is 9.10. The lowest BCUT2D eigenvalue weighted by molar-refractivity contribution is -0.137. The van der Waals surface area contributed by atoms with Crippen LogP contribution in [0.15, 0.2) is 46.9 Å². The average Bonchev–Trinajstić information content (AvgIpc) is 3.04. The molecule has 28 heavy (non-hydrogen) atoms. The highest BCUT2D eigenvalue weighted by Crippen LogP contribution is 2.37. The number of aromatic nitrogens is 3. The van der Waals surface area contributed by atoms with Crippen LogP contribution in [0.1, 0.15) is 30.0 Å². The number of nitriles is 1. The van der Waals surface area contributed by atoms with Crippen LogP contribution in [0, 0.1) is 11.3 Å². The van der Waals surface area contributed by atoms with Crippen molar-refractivity contribution in [3.05, 3.63) is 63.9 Å². The van der Waals surface area contributed by atoms with Gasteiger partial charge in [-0.1, -0.05) is 18.2 Å². The second kappa shape index (κ2) is 7.64. The lowest BCUT2D eigenvalue weighted by Crippen LogP contribution is -2.12. The number of ether oxygens (including phenoxy) is 1. The van der Waals surface area contributed by atoms with Gasteiger partial charge in [0.1, 0.15) is 5.75 Å². The van der Waals surface area contributed by atoms with Crippen molar-refractivity contribution in [2.24, 2.45) is 7.05 Å². The van der Waals surface area contributed by atoms with Gasteiger partial charge in [-0.25, -0.2) is 0 Å². The zero-order valence-corrected chi connectivity index (χ0v) is 16.4. The first-order chi connectivity index (χ1) is 13.2. The third kappa shape index (κ3) is 3.87. The molecule has 3 rings (SSSR count).